The molecule has 1 aromatic rings. The molecule has 2 N–H and O–H groups in total. The van der Waals surface area contributed by atoms with Crippen LogP contribution in [0.2, 0.25) is 0 Å². The third-order valence-electron chi connectivity index (χ3n) is 7.32. The predicted octanol–water partition coefficient (Wildman–Crippen LogP) is 7.67. The first kappa shape index (κ1) is 27.7. The van der Waals surface area contributed by atoms with Crippen molar-refractivity contribution in [3.8, 4) is 0 Å². The highest BCUT2D eigenvalue weighted by Gasteiger charge is 2.57. The molecule has 1 atom stereocenters. The lowest BCUT2D eigenvalue weighted by Gasteiger charge is -2.46. The van der Waals surface area contributed by atoms with E-state index < -0.39 is 28.8 Å². The van der Waals surface area contributed by atoms with Gasteiger partial charge >= 0.3 is 18.8 Å². The second-order valence-corrected chi connectivity index (χ2v) is 17.9. The zero-order valence-electron chi connectivity index (χ0n) is 21.6. The smallest absolute Gasteiger partial charge is 0.325 e. The minimum Gasteiger partial charge on any atom is -0.325 e. The SMILES string of the molecule is CC1=C(C)SC2(S1)C(C)=C(C)SC1=C2c2cc3c(c(C)c2N(C(=O)NN2C(=O)CSC2=O)P1(=O)O)C=CSC3. The largest absolute Gasteiger partial charge is 0.348 e. The number of hydrazine groups is 1. The lowest BCUT2D eigenvalue weighted by molar-refractivity contribution is -0.126. The average Bonchev–Trinajstić information content (AvgIpc) is 3.36. The Kier molecular flexibility index (Phi) is 6.77. The zero-order valence-corrected chi connectivity index (χ0v) is 26.6. The Morgan fingerprint density at radius 3 is 2.41 bits per heavy atom. The van der Waals surface area contributed by atoms with Crippen molar-refractivity contribution >= 4 is 101 Å². The molecule has 5 aliphatic heterocycles. The lowest BCUT2D eigenvalue weighted by Crippen LogP contribution is -2.51. The van der Waals surface area contributed by atoms with Gasteiger partial charge in [-0.25, -0.2) is 14.9 Å². The number of imide groups is 1. The van der Waals surface area contributed by atoms with E-state index >= 15 is 0 Å². The second-order valence-electron chi connectivity index (χ2n) is 9.54. The van der Waals surface area contributed by atoms with E-state index in [0.717, 1.165) is 64.7 Å². The van der Waals surface area contributed by atoms with Crippen LogP contribution in [0.3, 0.4) is 0 Å². The van der Waals surface area contributed by atoms with Crippen molar-refractivity contribution in [2.45, 2.75) is 44.5 Å². The quantitative estimate of drug-likeness (QED) is 0.298. The molecule has 0 bridgehead atoms. The van der Waals surface area contributed by atoms with Crippen LogP contribution in [0, 0.1) is 6.92 Å². The van der Waals surface area contributed by atoms with Gasteiger partial charge in [0, 0.05) is 16.9 Å². The monoisotopic (exact) mass is 637 g/mol. The number of amides is 4. The Hall–Kier alpha value is -1.47. The van der Waals surface area contributed by atoms with Gasteiger partial charge in [-0.05, 0) is 89.1 Å². The van der Waals surface area contributed by atoms with E-state index in [-0.39, 0.29) is 10.4 Å². The lowest BCUT2D eigenvalue weighted by atomic mass is 9.89. The Morgan fingerprint density at radius 1 is 1.08 bits per heavy atom. The molecule has 8 nitrogen and oxygen atoms in total. The third-order valence-corrected chi connectivity index (χ3v) is 16.1. The van der Waals surface area contributed by atoms with Gasteiger partial charge in [0.05, 0.1) is 11.4 Å². The van der Waals surface area contributed by atoms with E-state index in [1.807, 2.05) is 31.4 Å². The van der Waals surface area contributed by atoms with Gasteiger partial charge in [-0.15, -0.1) is 35.3 Å². The molecule has 5 aliphatic rings. The summed E-state index contributed by atoms with van der Waals surface area (Å²) in [5.74, 6) is 0.0597. The minimum atomic E-state index is -4.56. The summed E-state index contributed by atoms with van der Waals surface area (Å²) in [5, 5.41) is 1.98. The first-order valence-electron chi connectivity index (χ1n) is 11.9. The van der Waals surface area contributed by atoms with E-state index in [2.05, 4.69) is 26.2 Å². The standard InChI is InChI=1S/C25H24N3O5PS5/c1-11-17-6-7-35-9-16(17)8-18-20-22(37-13(3)12(2)25(20)38-14(4)15(5)39-25)34(32,33)28(21(11)18)23(30)26-27-19(29)10-36-24(27)31/h6-8H,9-10H2,1-5H3,(H,26,30)(H,32,33). The number of fused-ring (bicyclic) bond motifs is 4. The Labute approximate surface area is 247 Å². The first-order valence-corrected chi connectivity index (χ1v) is 18.0. The number of benzene rings is 1. The number of nitrogens with one attached hydrogen (secondary N) is 1. The molecular formula is C25H24N3O5PS5. The molecule has 14 heteroatoms. The fraction of sp³-hybridized carbons (Fsp3) is 0.320. The number of anilines is 1. The van der Waals surface area contributed by atoms with E-state index in [0.29, 0.717) is 16.3 Å². The topological polar surface area (TPSA) is 107 Å². The van der Waals surface area contributed by atoms with Crippen LogP contribution < -0.4 is 10.1 Å². The minimum absolute atomic E-state index is 0.0986. The fourth-order valence-electron chi connectivity index (χ4n) is 5.20. The van der Waals surface area contributed by atoms with Crippen molar-refractivity contribution < 1.29 is 23.8 Å². The first-order chi connectivity index (χ1) is 18.4. The number of thioether (sulfide) groups is 5. The van der Waals surface area contributed by atoms with Gasteiger partial charge in [0.2, 0.25) is 0 Å². The maximum absolute atomic E-state index is 14.6. The molecular weight excluding hydrogens is 614 g/mol. The van der Waals surface area contributed by atoms with Crippen molar-refractivity contribution in [2.24, 2.45) is 0 Å². The van der Waals surface area contributed by atoms with Gasteiger partial charge < -0.3 is 4.89 Å². The fourth-order valence-corrected chi connectivity index (χ4v) is 14.2. The third kappa shape index (κ3) is 3.99. The molecule has 0 aromatic heterocycles. The summed E-state index contributed by atoms with van der Waals surface area (Å²) < 4.78 is 15.1. The van der Waals surface area contributed by atoms with Crippen LogP contribution in [0.5, 0.6) is 0 Å². The molecule has 1 saturated heterocycles. The summed E-state index contributed by atoms with van der Waals surface area (Å²) in [4.78, 5) is 53.5. The molecule has 0 radical (unpaired) electrons. The van der Waals surface area contributed by atoms with Crippen molar-refractivity contribution in [2.75, 3.05) is 10.4 Å². The zero-order chi connectivity index (χ0) is 28.0. The number of hydrogen-bond acceptors (Lipinski definition) is 9. The van der Waals surface area contributed by atoms with E-state index in [4.69, 9.17) is 0 Å². The number of allylic oxidation sites excluding steroid dienone is 3. The Morgan fingerprint density at radius 2 is 1.77 bits per heavy atom. The summed E-state index contributed by atoms with van der Waals surface area (Å²) >= 11 is 7.03. The molecule has 5 heterocycles. The van der Waals surface area contributed by atoms with Gasteiger partial charge in [0.25, 0.3) is 5.91 Å². The highest BCUT2D eigenvalue weighted by atomic mass is 32.2. The summed E-state index contributed by atoms with van der Waals surface area (Å²) in [5.41, 5.74) is 7.92. The number of carbonyl (C=O) groups excluding carboxylic acids is 3. The van der Waals surface area contributed by atoms with Crippen LogP contribution in [0.4, 0.5) is 15.3 Å². The number of carbonyl (C=O) groups is 3. The molecule has 1 spiro atoms. The molecule has 4 amide bonds. The molecule has 0 aliphatic carbocycles. The highest BCUT2D eigenvalue weighted by Crippen LogP contribution is 2.76. The Balaban J connectivity index is 1.62. The normalized spacial score (nSPS) is 25.6. The summed E-state index contributed by atoms with van der Waals surface area (Å²) in [6.45, 7) is 10.00. The van der Waals surface area contributed by atoms with Gasteiger partial charge in [-0.2, -0.15) is 5.01 Å². The molecule has 1 aromatic carbocycles. The molecule has 39 heavy (non-hydrogen) atoms. The average molecular weight is 638 g/mol. The molecule has 204 valence electrons. The number of hydrogen-bond donors (Lipinski definition) is 2. The molecule has 0 saturated carbocycles. The maximum Gasteiger partial charge on any atom is 0.348 e. The molecule has 6 rings (SSSR count). The van der Waals surface area contributed by atoms with Gasteiger partial charge in [-0.3, -0.25) is 14.2 Å². The van der Waals surface area contributed by atoms with Crippen molar-refractivity contribution in [1.29, 1.82) is 0 Å². The van der Waals surface area contributed by atoms with Crippen LogP contribution in [0.25, 0.3) is 11.6 Å². The van der Waals surface area contributed by atoms with Crippen LogP contribution in [-0.4, -0.2) is 36.9 Å². The van der Waals surface area contributed by atoms with Crippen LogP contribution in [0.1, 0.15) is 49.9 Å². The molecule has 1 unspecified atom stereocenters. The molecule has 1 fully saturated rings. The van der Waals surface area contributed by atoms with Crippen LogP contribution in [-0.2, 0) is 15.1 Å². The number of urea groups is 1. The summed E-state index contributed by atoms with van der Waals surface area (Å²) in [7, 11) is -4.56. The predicted molar refractivity (Wildman–Crippen MR) is 166 cm³/mol. The van der Waals surface area contributed by atoms with Gasteiger partial charge in [0.15, 0.2) is 0 Å². The summed E-state index contributed by atoms with van der Waals surface area (Å²) in [6.07, 6.45) is 1.96. The van der Waals surface area contributed by atoms with Gasteiger partial charge in [0.1, 0.15) is 8.73 Å². The highest BCUT2D eigenvalue weighted by molar-refractivity contribution is 8.26. The Bertz CT molecular complexity index is 1570. The van der Waals surface area contributed by atoms with E-state index in [9.17, 15) is 23.8 Å². The van der Waals surface area contributed by atoms with Crippen LogP contribution in [0.15, 0.2) is 36.4 Å². The number of rotatable bonds is 1. The van der Waals surface area contributed by atoms with Gasteiger partial charge in [-0.1, -0.05) is 23.5 Å². The van der Waals surface area contributed by atoms with E-state index in [1.165, 1.54) is 11.8 Å². The van der Waals surface area contributed by atoms with Crippen molar-refractivity contribution in [3.63, 3.8) is 0 Å². The number of nitrogens with zero attached hydrogens (tertiary/aromatic N) is 2. The second kappa shape index (κ2) is 9.54. The van der Waals surface area contributed by atoms with Crippen molar-refractivity contribution in [3.05, 3.63) is 58.7 Å². The van der Waals surface area contributed by atoms with Crippen LogP contribution >= 0.6 is 66.3 Å². The summed E-state index contributed by atoms with van der Waals surface area (Å²) in [6, 6.07) is 1.05. The van der Waals surface area contributed by atoms with E-state index in [1.54, 1.807) is 35.3 Å². The maximum atomic E-state index is 14.6. The van der Waals surface area contributed by atoms with Crippen molar-refractivity contribution in [1.82, 2.24) is 10.4 Å².